The molecule has 1 aliphatic rings. The van der Waals surface area contributed by atoms with Crippen LogP contribution in [0.4, 0.5) is 32.2 Å². The van der Waals surface area contributed by atoms with Crippen LogP contribution in [0.5, 0.6) is 0 Å². The fourth-order valence-corrected chi connectivity index (χ4v) is 3.77. The van der Waals surface area contributed by atoms with Crippen molar-refractivity contribution < 1.29 is 36.2 Å². The lowest BCUT2D eigenvalue weighted by atomic mass is 10.1. The SMILES string of the molecule is C[C@H](O)CNc1ccc2c(=O)c(C(=O)N[C@@H](C3CC3)C(F)(F)F)cn(-c3c(F)cc(F)cc3F)c2n1. The second kappa shape index (κ2) is 9.45. The zero-order valence-electron chi connectivity index (χ0n) is 18.7. The van der Waals surface area contributed by atoms with Crippen LogP contribution in [-0.2, 0) is 0 Å². The molecule has 2 heterocycles. The van der Waals surface area contributed by atoms with Gasteiger partial charge in [0, 0.05) is 24.9 Å². The standard InChI is InChI=1S/C23H20F6N4O3/c1-10(34)8-30-17-5-4-13-19(35)14(22(36)32-20(11-2-3-11)23(27,28)29)9-33(21(13)31-17)18-15(25)6-12(24)7-16(18)26/h4-7,9-11,20,34H,2-3,8H2,1H3,(H,30,31)(H,32,36)/t10-,20-/m0/s1. The molecule has 0 saturated heterocycles. The van der Waals surface area contributed by atoms with Crippen LogP contribution in [0.25, 0.3) is 16.7 Å². The molecule has 0 unspecified atom stereocenters. The fourth-order valence-electron chi connectivity index (χ4n) is 3.77. The molecule has 0 bridgehead atoms. The van der Waals surface area contributed by atoms with E-state index in [-0.39, 0.29) is 36.2 Å². The van der Waals surface area contributed by atoms with Crippen molar-refractivity contribution in [2.24, 2.45) is 5.92 Å². The van der Waals surface area contributed by atoms with E-state index < -0.39 is 64.3 Å². The number of rotatable bonds is 7. The highest BCUT2D eigenvalue weighted by atomic mass is 19.4. The van der Waals surface area contributed by atoms with E-state index in [2.05, 4.69) is 10.3 Å². The summed E-state index contributed by atoms with van der Waals surface area (Å²) in [7, 11) is 0. The van der Waals surface area contributed by atoms with Gasteiger partial charge in [-0.2, -0.15) is 13.2 Å². The summed E-state index contributed by atoms with van der Waals surface area (Å²) in [6, 6.07) is 0.995. The van der Waals surface area contributed by atoms with E-state index in [1.165, 1.54) is 19.1 Å². The zero-order chi connectivity index (χ0) is 26.4. The average Bonchev–Trinajstić information content (AvgIpc) is 3.61. The largest absolute Gasteiger partial charge is 0.408 e. The maximum absolute atomic E-state index is 14.7. The lowest BCUT2D eigenvalue weighted by Crippen LogP contribution is -2.48. The third-order valence-corrected chi connectivity index (χ3v) is 5.63. The number of anilines is 1. The van der Waals surface area contributed by atoms with Crippen molar-refractivity contribution in [1.29, 1.82) is 0 Å². The van der Waals surface area contributed by atoms with Crippen LogP contribution < -0.4 is 16.1 Å². The third kappa shape index (κ3) is 5.15. The van der Waals surface area contributed by atoms with E-state index >= 15 is 0 Å². The fraction of sp³-hybridized carbons (Fsp3) is 0.348. The van der Waals surface area contributed by atoms with Gasteiger partial charge < -0.3 is 15.7 Å². The maximum atomic E-state index is 14.7. The molecule has 13 heteroatoms. The summed E-state index contributed by atoms with van der Waals surface area (Å²) in [5.41, 5.74) is -3.09. The predicted molar refractivity (Wildman–Crippen MR) is 117 cm³/mol. The quantitative estimate of drug-likeness (QED) is 0.419. The number of hydrogen-bond donors (Lipinski definition) is 3. The van der Waals surface area contributed by atoms with Crippen LogP contribution in [0.2, 0.25) is 0 Å². The number of halogens is 6. The molecule has 2 atom stereocenters. The van der Waals surface area contributed by atoms with Crippen LogP contribution >= 0.6 is 0 Å². The number of benzene rings is 1. The number of carbonyl (C=O) groups excluding carboxylic acids is 1. The average molecular weight is 514 g/mol. The summed E-state index contributed by atoms with van der Waals surface area (Å²) in [4.78, 5) is 30.0. The summed E-state index contributed by atoms with van der Waals surface area (Å²) >= 11 is 0. The molecule has 0 aliphatic heterocycles. The van der Waals surface area contributed by atoms with Crippen LogP contribution in [0.1, 0.15) is 30.1 Å². The number of aromatic nitrogens is 2. The first-order valence-corrected chi connectivity index (χ1v) is 10.9. The Balaban J connectivity index is 1.90. The Morgan fingerprint density at radius 2 is 1.83 bits per heavy atom. The number of alkyl halides is 3. The highest BCUT2D eigenvalue weighted by molar-refractivity contribution is 5.97. The Labute approximate surface area is 199 Å². The summed E-state index contributed by atoms with van der Waals surface area (Å²) in [5, 5.41) is 13.7. The second-order valence-corrected chi connectivity index (χ2v) is 8.59. The number of aliphatic hydroxyl groups excluding tert-OH is 1. The lowest BCUT2D eigenvalue weighted by molar-refractivity contribution is -0.158. The molecular weight excluding hydrogens is 494 g/mol. The van der Waals surface area contributed by atoms with Crippen molar-refractivity contribution in [1.82, 2.24) is 14.9 Å². The van der Waals surface area contributed by atoms with Gasteiger partial charge >= 0.3 is 6.18 Å². The first-order chi connectivity index (χ1) is 16.9. The van der Waals surface area contributed by atoms with Crippen LogP contribution in [-0.4, -0.2) is 45.4 Å². The van der Waals surface area contributed by atoms with E-state index in [0.717, 1.165) is 0 Å². The van der Waals surface area contributed by atoms with Crippen LogP contribution in [0.15, 0.2) is 35.3 Å². The smallest absolute Gasteiger partial charge is 0.392 e. The maximum Gasteiger partial charge on any atom is 0.408 e. The van der Waals surface area contributed by atoms with E-state index in [4.69, 9.17) is 0 Å². The Bertz CT molecular complexity index is 1360. The van der Waals surface area contributed by atoms with Gasteiger partial charge in [-0.15, -0.1) is 0 Å². The normalized spacial score (nSPS) is 15.6. The minimum absolute atomic E-state index is 0.0303. The molecule has 3 aromatic rings. The molecule has 1 amide bonds. The molecule has 4 rings (SSSR count). The number of hydrogen-bond acceptors (Lipinski definition) is 5. The van der Waals surface area contributed by atoms with Crippen molar-refractivity contribution in [2.75, 3.05) is 11.9 Å². The predicted octanol–water partition coefficient (Wildman–Crippen LogP) is 3.67. The van der Waals surface area contributed by atoms with Gasteiger partial charge in [0.2, 0.25) is 5.43 Å². The molecule has 36 heavy (non-hydrogen) atoms. The third-order valence-electron chi connectivity index (χ3n) is 5.63. The summed E-state index contributed by atoms with van der Waals surface area (Å²) in [5.74, 6) is -6.18. The molecule has 1 aromatic carbocycles. The van der Waals surface area contributed by atoms with Gasteiger partial charge in [0.1, 0.15) is 28.9 Å². The highest BCUT2D eigenvalue weighted by Crippen LogP contribution is 2.40. The molecular formula is C23H20F6N4O3. The number of nitrogens with zero attached hydrogens (tertiary/aromatic N) is 2. The second-order valence-electron chi connectivity index (χ2n) is 8.59. The Morgan fingerprint density at radius 1 is 1.19 bits per heavy atom. The van der Waals surface area contributed by atoms with E-state index in [9.17, 15) is 41.0 Å². The molecule has 3 N–H and O–H groups in total. The highest BCUT2D eigenvalue weighted by Gasteiger charge is 2.49. The minimum Gasteiger partial charge on any atom is -0.392 e. The van der Waals surface area contributed by atoms with E-state index in [1.807, 2.05) is 5.32 Å². The van der Waals surface area contributed by atoms with Crippen LogP contribution in [0, 0.1) is 23.4 Å². The van der Waals surface area contributed by atoms with Gasteiger partial charge in [-0.3, -0.25) is 14.2 Å². The molecule has 1 fully saturated rings. The van der Waals surface area contributed by atoms with Crippen LogP contribution in [0.3, 0.4) is 0 Å². The molecule has 0 radical (unpaired) electrons. The van der Waals surface area contributed by atoms with Gasteiger partial charge in [0.05, 0.1) is 11.5 Å². The van der Waals surface area contributed by atoms with Crippen molar-refractivity contribution in [3.05, 3.63) is 63.7 Å². The van der Waals surface area contributed by atoms with Gasteiger partial charge in [0.25, 0.3) is 5.91 Å². The lowest BCUT2D eigenvalue weighted by Gasteiger charge is -2.22. The van der Waals surface area contributed by atoms with Gasteiger partial charge in [0.15, 0.2) is 17.3 Å². The van der Waals surface area contributed by atoms with Gasteiger partial charge in [-0.05, 0) is 37.8 Å². The van der Waals surface area contributed by atoms with E-state index in [0.29, 0.717) is 22.9 Å². The first-order valence-electron chi connectivity index (χ1n) is 10.9. The van der Waals surface area contributed by atoms with E-state index in [1.54, 1.807) is 0 Å². The molecule has 192 valence electrons. The number of carbonyl (C=O) groups is 1. The molecule has 2 aromatic heterocycles. The summed E-state index contributed by atoms with van der Waals surface area (Å²) < 4.78 is 83.9. The molecule has 1 aliphatic carbocycles. The van der Waals surface area contributed by atoms with Gasteiger partial charge in [-0.1, -0.05) is 0 Å². The summed E-state index contributed by atoms with van der Waals surface area (Å²) in [6.07, 6.45) is -4.41. The first kappa shape index (κ1) is 25.5. The number of fused-ring (bicyclic) bond motifs is 1. The van der Waals surface area contributed by atoms with Crippen molar-refractivity contribution in [2.45, 2.75) is 38.1 Å². The molecule has 1 saturated carbocycles. The van der Waals surface area contributed by atoms with Crippen molar-refractivity contribution in [3.63, 3.8) is 0 Å². The number of pyridine rings is 2. The molecule has 7 nitrogen and oxygen atoms in total. The molecule has 0 spiro atoms. The Morgan fingerprint density at radius 3 is 2.39 bits per heavy atom. The monoisotopic (exact) mass is 514 g/mol. The number of nitrogens with one attached hydrogen (secondary N) is 2. The number of amides is 1. The van der Waals surface area contributed by atoms with Gasteiger partial charge in [-0.25, -0.2) is 18.2 Å². The topological polar surface area (TPSA) is 96.3 Å². The zero-order valence-corrected chi connectivity index (χ0v) is 18.7. The summed E-state index contributed by atoms with van der Waals surface area (Å²) in [6.45, 7) is 1.51. The Hall–Kier alpha value is -3.61. The number of aliphatic hydroxyl groups is 1. The minimum atomic E-state index is -4.77. The van der Waals surface area contributed by atoms with Crippen molar-refractivity contribution >= 4 is 22.8 Å². The Kier molecular flexibility index (Phi) is 6.69. The van der Waals surface area contributed by atoms with Crippen molar-refractivity contribution in [3.8, 4) is 5.69 Å².